The lowest BCUT2D eigenvalue weighted by Gasteiger charge is -2.27. The number of allylic oxidation sites excluding steroid dienone is 3. The van der Waals surface area contributed by atoms with Crippen LogP contribution in [0.15, 0.2) is 79.7 Å². The maximum atomic E-state index is 14.2. The molecular weight excluding hydrogens is 571 g/mol. The number of unbranched alkanes of at least 4 members (excludes halogenated alkanes) is 2. The van der Waals surface area contributed by atoms with Crippen LogP contribution in [-0.4, -0.2) is 55.0 Å². The van der Waals surface area contributed by atoms with E-state index in [1.54, 1.807) is 6.08 Å². The molecule has 0 heterocycles. The molecular formula is C40H69FN4O. The number of amides is 1. The van der Waals surface area contributed by atoms with Crippen LogP contribution in [0, 0.1) is 24.6 Å². The van der Waals surface area contributed by atoms with Gasteiger partial charge in [0.1, 0.15) is 5.82 Å². The molecule has 5 nitrogen and oxygen atoms in total. The molecule has 0 radical (unpaired) electrons. The van der Waals surface area contributed by atoms with Gasteiger partial charge in [0.15, 0.2) is 0 Å². The van der Waals surface area contributed by atoms with Crippen molar-refractivity contribution in [2.24, 2.45) is 17.6 Å². The summed E-state index contributed by atoms with van der Waals surface area (Å²) in [5.41, 5.74) is 10.7. The van der Waals surface area contributed by atoms with Gasteiger partial charge in [-0.2, -0.15) is 0 Å². The second-order valence-corrected chi connectivity index (χ2v) is 12.1. The molecule has 0 aromatic heterocycles. The number of halogens is 1. The maximum Gasteiger partial charge on any atom is 0.251 e. The molecule has 1 fully saturated rings. The molecule has 1 saturated carbocycles. The van der Waals surface area contributed by atoms with Crippen molar-refractivity contribution in [3.8, 4) is 0 Å². The second kappa shape index (κ2) is 26.0. The van der Waals surface area contributed by atoms with E-state index in [0.29, 0.717) is 17.9 Å². The number of nitrogens with two attached hydrogens (primary N) is 1. The molecule has 1 aliphatic rings. The molecule has 0 bridgehead atoms. The number of likely N-dealkylation sites (N-methyl/N-ethyl adjacent to an activating group) is 1. The lowest BCUT2D eigenvalue weighted by atomic mass is 9.95. The minimum atomic E-state index is -0.321. The number of hydrogen-bond donors (Lipinski definition) is 2. The summed E-state index contributed by atoms with van der Waals surface area (Å²) in [5, 5.41) is 3.23. The van der Waals surface area contributed by atoms with Gasteiger partial charge in [0.05, 0.1) is 0 Å². The molecule has 3 unspecified atom stereocenters. The summed E-state index contributed by atoms with van der Waals surface area (Å²) in [5.74, 6) is 0.983. The van der Waals surface area contributed by atoms with E-state index in [1.165, 1.54) is 18.6 Å². The Hall–Kier alpha value is -3.12. The number of benzene rings is 1. The summed E-state index contributed by atoms with van der Waals surface area (Å²) in [4.78, 5) is 18.2. The third kappa shape index (κ3) is 18.8. The SMILES string of the molecule is C=C.C=C(/C=C(\C=C(/C)N(C)CCCC)C(=O)N[C@@H](Cc1cc(C)cc(F)c1)C(N)CCCC)N(C)CC1CC1C.C=CC.CC. The van der Waals surface area contributed by atoms with E-state index < -0.39 is 0 Å². The van der Waals surface area contributed by atoms with Crippen molar-refractivity contribution in [2.45, 2.75) is 112 Å². The topological polar surface area (TPSA) is 61.6 Å². The van der Waals surface area contributed by atoms with E-state index in [-0.39, 0.29) is 23.8 Å². The van der Waals surface area contributed by atoms with Gasteiger partial charge in [-0.25, -0.2) is 4.39 Å². The predicted molar refractivity (Wildman–Crippen MR) is 201 cm³/mol. The quantitative estimate of drug-likeness (QED) is 0.101. The number of nitrogens with one attached hydrogen (secondary N) is 1. The summed E-state index contributed by atoms with van der Waals surface area (Å²) >= 11 is 0. The Labute approximate surface area is 283 Å². The van der Waals surface area contributed by atoms with Crippen molar-refractivity contribution >= 4 is 5.91 Å². The van der Waals surface area contributed by atoms with Crippen LogP contribution in [0.1, 0.15) is 98.1 Å². The van der Waals surface area contributed by atoms with Crippen molar-refractivity contribution in [3.05, 3.63) is 96.7 Å². The first kappa shape index (κ1) is 45.0. The van der Waals surface area contributed by atoms with Gasteiger partial charge in [-0.1, -0.05) is 72.6 Å². The van der Waals surface area contributed by atoms with Gasteiger partial charge in [-0.05, 0) is 93.7 Å². The number of carbonyl (C=O) groups excluding carboxylic acids is 1. The van der Waals surface area contributed by atoms with Gasteiger partial charge in [-0.15, -0.1) is 19.7 Å². The van der Waals surface area contributed by atoms with E-state index in [2.05, 4.69) is 69.3 Å². The fraction of sp³-hybridized carbons (Fsp3) is 0.575. The van der Waals surface area contributed by atoms with E-state index in [4.69, 9.17) is 5.73 Å². The third-order valence-electron chi connectivity index (χ3n) is 7.95. The summed E-state index contributed by atoms with van der Waals surface area (Å²) in [7, 11) is 4.10. The molecule has 262 valence electrons. The molecule has 1 aliphatic carbocycles. The molecule has 2 rings (SSSR count). The highest BCUT2D eigenvalue weighted by Crippen LogP contribution is 2.38. The molecule has 46 heavy (non-hydrogen) atoms. The fourth-order valence-corrected chi connectivity index (χ4v) is 4.88. The van der Waals surface area contributed by atoms with E-state index >= 15 is 0 Å². The average molecular weight is 641 g/mol. The van der Waals surface area contributed by atoms with Gasteiger partial charge in [-0.3, -0.25) is 4.79 Å². The van der Waals surface area contributed by atoms with E-state index in [0.717, 1.165) is 73.6 Å². The standard InChI is InChI=1S/C33H53FN4O.C3H6.C2H6.C2H4/c1-9-11-13-31(35)32(21-27-15-23(3)16-30(34)20-27)36-33(39)28(18-25(5)37(7)14-12-10-2)19-26(6)38(8)22-29-17-24(29)4;1-3-2;2*1-2/h15-16,18-20,24,29,31-32H,6,9-14,17,21-22,35H2,1-5,7-8H3,(H,36,39);3H,1H2,2H3;1-2H3;1-2H2/b25-18+,28-19+;;;/t24?,29?,31?,32-;;;/m0.../s1. The molecule has 1 aromatic carbocycles. The van der Waals surface area contributed by atoms with E-state index in [1.807, 2.05) is 59.9 Å². The Bertz CT molecular complexity index is 1060. The predicted octanol–water partition coefficient (Wildman–Crippen LogP) is 9.36. The average Bonchev–Trinajstić information content (AvgIpc) is 3.72. The Morgan fingerprint density at radius 1 is 1.11 bits per heavy atom. The number of nitrogens with zero attached hydrogens (tertiary/aromatic N) is 2. The fourth-order valence-electron chi connectivity index (χ4n) is 4.88. The summed E-state index contributed by atoms with van der Waals surface area (Å²) in [6.07, 6.45) is 12.3. The number of hydrogen-bond acceptors (Lipinski definition) is 4. The van der Waals surface area contributed by atoms with Gasteiger partial charge in [0.25, 0.3) is 5.91 Å². The Morgan fingerprint density at radius 2 is 1.67 bits per heavy atom. The van der Waals surface area contributed by atoms with Crippen LogP contribution >= 0.6 is 0 Å². The number of carbonyl (C=O) groups is 1. The monoisotopic (exact) mass is 641 g/mol. The molecule has 4 atom stereocenters. The van der Waals surface area contributed by atoms with Crippen LogP contribution in [0.25, 0.3) is 0 Å². The largest absolute Gasteiger partial charge is 0.378 e. The normalized spacial score (nSPS) is 16.5. The lowest BCUT2D eigenvalue weighted by Crippen LogP contribution is -2.49. The first-order valence-electron chi connectivity index (χ1n) is 17.3. The highest BCUT2D eigenvalue weighted by Gasteiger charge is 2.33. The van der Waals surface area contributed by atoms with Crippen molar-refractivity contribution in [2.75, 3.05) is 27.2 Å². The van der Waals surface area contributed by atoms with Gasteiger partial charge >= 0.3 is 0 Å². The molecule has 6 heteroatoms. The first-order valence-corrected chi connectivity index (χ1v) is 17.3. The summed E-state index contributed by atoms with van der Waals surface area (Å²) < 4.78 is 14.2. The summed E-state index contributed by atoms with van der Waals surface area (Å²) in [6.45, 7) is 31.9. The molecule has 0 saturated heterocycles. The minimum absolute atomic E-state index is 0.183. The number of rotatable bonds is 17. The van der Waals surface area contributed by atoms with Crippen LogP contribution in [0.3, 0.4) is 0 Å². The van der Waals surface area contributed by atoms with Crippen LogP contribution < -0.4 is 11.1 Å². The van der Waals surface area contributed by atoms with Crippen molar-refractivity contribution in [1.29, 1.82) is 0 Å². The van der Waals surface area contributed by atoms with Crippen molar-refractivity contribution < 1.29 is 9.18 Å². The van der Waals surface area contributed by atoms with E-state index in [9.17, 15) is 9.18 Å². The van der Waals surface area contributed by atoms with Crippen LogP contribution in [0.2, 0.25) is 0 Å². The van der Waals surface area contributed by atoms with Crippen LogP contribution in [0.5, 0.6) is 0 Å². The molecule has 1 amide bonds. The maximum absolute atomic E-state index is 14.2. The molecule has 3 N–H and O–H groups in total. The zero-order valence-electron chi connectivity index (χ0n) is 31.2. The smallest absolute Gasteiger partial charge is 0.251 e. The van der Waals surface area contributed by atoms with Gasteiger partial charge < -0.3 is 20.9 Å². The Morgan fingerprint density at radius 3 is 2.17 bits per heavy atom. The van der Waals surface area contributed by atoms with Crippen LogP contribution in [-0.2, 0) is 11.2 Å². The molecule has 0 spiro atoms. The van der Waals surface area contributed by atoms with Crippen molar-refractivity contribution in [3.63, 3.8) is 0 Å². The highest BCUT2D eigenvalue weighted by atomic mass is 19.1. The van der Waals surface area contributed by atoms with Gasteiger partial charge in [0.2, 0.25) is 0 Å². The number of aryl methyl sites for hydroxylation is 1. The Balaban J connectivity index is 0. The Kier molecular flexibility index (Phi) is 25.4. The summed E-state index contributed by atoms with van der Waals surface area (Å²) in [6, 6.07) is 4.46. The molecule has 1 aromatic rings. The lowest BCUT2D eigenvalue weighted by molar-refractivity contribution is -0.118. The highest BCUT2D eigenvalue weighted by molar-refractivity contribution is 5.97. The third-order valence-corrected chi connectivity index (χ3v) is 7.95. The van der Waals surface area contributed by atoms with Gasteiger partial charge in [0, 0.05) is 56.2 Å². The van der Waals surface area contributed by atoms with Crippen LogP contribution in [0.4, 0.5) is 4.39 Å². The zero-order chi connectivity index (χ0) is 35.8. The molecule has 0 aliphatic heterocycles. The zero-order valence-corrected chi connectivity index (χ0v) is 31.2. The minimum Gasteiger partial charge on any atom is -0.378 e. The second-order valence-electron chi connectivity index (χ2n) is 12.1. The van der Waals surface area contributed by atoms with Crippen molar-refractivity contribution in [1.82, 2.24) is 15.1 Å². The first-order chi connectivity index (χ1) is 21.9.